The quantitative estimate of drug-likeness (QED) is 0.157. The van der Waals surface area contributed by atoms with Gasteiger partial charge in [0.15, 0.2) is 0 Å². The normalized spacial score (nSPS) is 9.88. The van der Waals surface area contributed by atoms with E-state index in [9.17, 15) is 29.4 Å². The second kappa shape index (κ2) is 7.77. The number of nitrogens with two attached hydrogens (primary N) is 1. The second-order valence-electron chi connectivity index (χ2n) is 4.89. The van der Waals surface area contributed by atoms with E-state index in [2.05, 4.69) is 0 Å². The van der Waals surface area contributed by atoms with E-state index in [4.69, 9.17) is 5.84 Å². The standard InChI is InChI=1S/C16H14N4O6/c17-18-13(23)14(24)19-20(15(25)9-5-1-3-7-11(9)21)16(26)10-6-2-4-8-12(10)22/h1-8,21-22H,17H2,(H,18,23)(H,19,24). The van der Waals surface area contributed by atoms with Crippen molar-refractivity contribution < 1.29 is 29.4 Å². The summed E-state index contributed by atoms with van der Waals surface area (Å²) in [5.74, 6) is -1.04. The molecule has 0 aliphatic carbocycles. The Bertz CT molecular complexity index is 825. The van der Waals surface area contributed by atoms with E-state index < -0.39 is 35.1 Å². The number of benzene rings is 2. The van der Waals surface area contributed by atoms with Gasteiger partial charge < -0.3 is 10.2 Å². The molecule has 2 aromatic carbocycles. The summed E-state index contributed by atoms with van der Waals surface area (Å²) in [5.41, 5.74) is 2.72. The van der Waals surface area contributed by atoms with Gasteiger partial charge in [-0.15, -0.1) is 0 Å². The molecular weight excluding hydrogens is 344 g/mol. The van der Waals surface area contributed by atoms with Crippen LogP contribution in [0.15, 0.2) is 48.5 Å². The monoisotopic (exact) mass is 358 g/mol. The molecule has 0 fully saturated rings. The van der Waals surface area contributed by atoms with Crippen LogP contribution in [0.2, 0.25) is 0 Å². The minimum atomic E-state index is -1.40. The zero-order valence-corrected chi connectivity index (χ0v) is 13.2. The number of aromatic hydroxyl groups is 2. The highest BCUT2D eigenvalue weighted by Gasteiger charge is 2.30. The molecule has 0 aromatic heterocycles. The lowest BCUT2D eigenvalue weighted by molar-refractivity contribution is -0.141. The van der Waals surface area contributed by atoms with Crippen LogP contribution in [-0.2, 0) is 9.59 Å². The number of imide groups is 1. The van der Waals surface area contributed by atoms with Gasteiger partial charge in [-0.1, -0.05) is 24.3 Å². The Morgan fingerprint density at radius 3 is 1.58 bits per heavy atom. The number of para-hydroxylation sites is 2. The summed E-state index contributed by atoms with van der Waals surface area (Å²) < 4.78 is 0. The largest absolute Gasteiger partial charge is 0.507 e. The molecule has 10 heteroatoms. The lowest BCUT2D eigenvalue weighted by atomic mass is 10.1. The average molecular weight is 358 g/mol. The van der Waals surface area contributed by atoms with Gasteiger partial charge in [-0.3, -0.25) is 24.6 Å². The number of hydrogen-bond acceptors (Lipinski definition) is 7. The van der Waals surface area contributed by atoms with Crippen LogP contribution in [0.25, 0.3) is 0 Å². The molecule has 0 aliphatic rings. The van der Waals surface area contributed by atoms with E-state index in [1.165, 1.54) is 48.5 Å². The summed E-state index contributed by atoms with van der Waals surface area (Å²) in [6, 6.07) is 10.5. The third kappa shape index (κ3) is 3.76. The van der Waals surface area contributed by atoms with Gasteiger partial charge in [0.1, 0.15) is 11.5 Å². The summed E-state index contributed by atoms with van der Waals surface area (Å²) in [6.07, 6.45) is 0. The van der Waals surface area contributed by atoms with E-state index in [0.717, 1.165) is 0 Å². The van der Waals surface area contributed by atoms with Gasteiger partial charge in [0.05, 0.1) is 11.1 Å². The van der Waals surface area contributed by atoms with Crippen molar-refractivity contribution in [2.45, 2.75) is 0 Å². The highest BCUT2D eigenvalue weighted by Crippen LogP contribution is 2.21. The number of phenols is 2. The van der Waals surface area contributed by atoms with Gasteiger partial charge in [-0.05, 0) is 24.3 Å². The fraction of sp³-hybridized carbons (Fsp3) is 0. The maximum absolute atomic E-state index is 12.6. The first-order chi connectivity index (χ1) is 12.4. The Balaban J connectivity index is 2.45. The van der Waals surface area contributed by atoms with Gasteiger partial charge in [-0.2, -0.15) is 5.01 Å². The molecule has 4 amide bonds. The minimum absolute atomic E-state index is 0.196. The van der Waals surface area contributed by atoms with Crippen molar-refractivity contribution in [3.63, 3.8) is 0 Å². The zero-order valence-electron chi connectivity index (χ0n) is 13.2. The Kier molecular flexibility index (Phi) is 5.50. The van der Waals surface area contributed by atoms with E-state index >= 15 is 0 Å². The molecule has 2 aromatic rings. The average Bonchev–Trinajstić information content (AvgIpc) is 2.65. The van der Waals surface area contributed by atoms with E-state index in [1.807, 2.05) is 0 Å². The Hall–Kier alpha value is -3.92. The highest BCUT2D eigenvalue weighted by molar-refractivity contribution is 6.35. The number of nitrogens with zero attached hydrogens (tertiary/aromatic N) is 1. The molecule has 0 radical (unpaired) electrons. The van der Waals surface area contributed by atoms with Crippen molar-refractivity contribution >= 4 is 23.6 Å². The summed E-state index contributed by atoms with van der Waals surface area (Å²) in [4.78, 5) is 48.3. The van der Waals surface area contributed by atoms with Gasteiger partial charge in [0.25, 0.3) is 11.8 Å². The number of phenolic OH excluding ortho intramolecular Hbond substituents is 2. The van der Waals surface area contributed by atoms with Crippen molar-refractivity contribution in [3.05, 3.63) is 59.7 Å². The second-order valence-corrected chi connectivity index (χ2v) is 4.89. The van der Waals surface area contributed by atoms with E-state index in [-0.39, 0.29) is 16.1 Å². The van der Waals surface area contributed by atoms with E-state index in [0.29, 0.717) is 0 Å². The van der Waals surface area contributed by atoms with Crippen LogP contribution in [0.1, 0.15) is 20.7 Å². The Morgan fingerprint density at radius 1 is 0.769 bits per heavy atom. The first-order valence-corrected chi connectivity index (χ1v) is 7.13. The van der Waals surface area contributed by atoms with Crippen LogP contribution in [-0.4, -0.2) is 38.9 Å². The molecule has 134 valence electrons. The number of hydrogen-bond donors (Lipinski definition) is 5. The van der Waals surface area contributed by atoms with Gasteiger partial charge in [0.2, 0.25) is 0 Å². The molecule has 0 spiro atoms. The number of carbonyl (C=O) groups excluding carboxylic acids is 4. The molecule has 26 heavy (non-hydrogen) atoms. The fourth-order valence-corrected chi connectivity index (χ4v) is 1.96. The molecule has 0 heterocycles. The summed E-state index contributed by atoms with van der Waals surface area (Å²) in [6.45, 7) is 0. The number of rotatable bonds is 2. The molecule has 2 rings (SSSR count). The smallest absolute Gasteiger partial charge is 0.329 e. The first-order valence-electron chi connectivity index (χ1n) is 7.13. The molecule has 0 unspecified atom stereocenters. The molecule has 0 saturated carbocycles. The van der Waals surface area contributed by atoms with Crippen LogP contribution >= 0.6 is 0 Å². The number of amides is 4. The van der Waals surface area contributed by atoms with Crippen LogP contribution < -0.4 is 16.7 Å². The fourth-order valence-electron chi connectivity index (χ4n) is 1.96. The predicted octanol–water partition coefficient (Wildman–Crippen LogP) is -0.599. The Labute approximate surface area is 146 Å². The zero-order chi connectivity index (χ0) is 19.3. The number of carbonyl (C=O) groups is 4. The minimum Gasteiger partial charge on any atom is -0.507 e. The van der Waals surface area contributed by atoms with Crippen molar-refractivity contribution in [3.8, 4) is 11.5 Å². The van der Waals surface area contributed by atoms with Crippen molar-refractivity contribution in [1.82, 2.24) is 15.9 Å². The summed E-state index contributed by atoms with van der Waals surface area (Å²) >= 11 is 0. The molecule has 0 aliphatic heterocycles. The van der Waals surface area contributed by atoms with Gasteiger partial charge in [0, 0.05) is 0 Å². The van der Waals surface area contributed by atoms with Crippen LogP contribution in [0, 0.1) is 0 Å². The number of nitrogens with one attached hydrogen (secondary N) is 2. The van der Waals surface area contributed by atoms with Crippen LogP contribution in [0.4, 0.5) is 0 Å². The highest BCUT2D eigenvalue weighted by atomic mass is 16.3. The summed E-state index contributed by atoms with van der Waals surface area (Å²) in [5, 5.41) is 19.8. The lowest BCUT2D eigenvalue weighted by Crippen LogP contribution is -2.54. The first kappa shape index (κ1) is 18.4. The Morgan fingerprint density at radius 2 is 1.19 bits per heavy atom. The molecule has 0 bridgehead atoms. The predicted molar refractivity (Wildman–Crippen MR) is 87.2 cm³/mol. The van der Waals surface area contributed by atoms with Crippen molar-refractivity contribution in [2.24, 2.45) is 5.84 Å². The van der Waals surface area contributed by atoms with Crippen LogP contribution in [0.5, 0.6) is 11.5 Å². The summed E-state index contributed by atoms with van der Waals surface area (Å²) in [7, 11) is 0. The third-order valence-electron chi connectivity index (χ3n) is 3.23. The lowest BCUT2D eigenvalue weighted by Gasteiger charge is -2.21. The molecule has 0 saturated heterocycles. The number of hydrazine groups is 2. The SMILES string of the molecule is NNC(=O)C(=O)NN(C(=O)c1ccccc1O)C(=O)c1ccccc1O. The van der Waals surface area contributed by atoms with Crippen molar-refractivity contribution in [1.29, 1.82) is 0 Å². The maximum atomic E-state index is 12.6. The molecular formula is C16H14N4O6. The maximum Gasteiger partial charge on any atom is 0.329 e. The van der Waals surface area contributed by atoms with Gasteiger partial charge >= 0.3 is 11.8 Å². The molecule has 0 atom stereocenters. The van der Waals surface area contributed by atoms with E-state index in [1.54, 1.807) is 10.9 Å². The topological polar surface area (TPSA) is 162 Å². The molecule has 10 nitrogen and oxygen atoms in total. The van der Waals surface area contributed by atoms with Gasteiger partial charge in [-0.25, -0.2) is 11.3 Å². The van der Waals surface area contributed by atoms with Crippen LogP contribution in [0.3, 0.4) is 0 Å². The molecule has 6 N–H and O–H groups in total. The van der Waals surface area contributed by atoms with Crippen molar-refractivity contribution in [2.75, 3.05) is 0 Å². The third-order valence-corrected chi connectivity index (χ3v) is 3.23.